The first-order valence-corrected chi connectivity index (χ1v) is 6.33. The molecule has 2 aromatic rings. The van der Waals surface area contributed by atoms with Crippen molar-refractivity contribution in [3.63, 3.8) is 0 Å². The van der Waals surface area contributed by atoms with E-state index >= 15 is 0 Å². The summed E-state index contributed by atoms with van der Waals surface area (Å²) in [5.41, 5.74) is 2.49. The Kier molecular flexibility index (Phi) is 4.70. The normalized spacial score (nSPS) is 10.3. The smallest absolute Gasteiger partial charge is 0.335 e. The predicted molar refractivity (Wildman–Crippen MR) is 75.3 cm³/mol. The molecule has 2 aromatic carbocycles. The molecule has 3 nitrogen and oxygen atoms in total. The third-order valence-electron chi connectivity index (χ3n) is 2.99. The SMILES string of the molecule is O=C(O)c1ccccc1CCNCc1ccccc1. The Morgan fingerprint density at radius 3 is 2.42 bits per heavy atom. The zero-order valence-corrected chi connectivity index (χ0v) is 10.7. The lowest BCUT2D eigenvalue weighted by Crippen LogP contribution is -2.17. The Hall–Kier alpha value is -2.13. The van der Waals surface area contributed by atoms with Crippen molar-refractivity contribution in [2.24, 2.45) is 0 Å². The fraction of sp³-hybridized carbons (Fsp3) is 0.188. The van der Waals surface area contributed by atoms with Gasteiger partial charge in [-0.25, -0.2) is 4.79 Å². The van der Waals surface area contributed by atoms with E-state index in [9.17, 15) is 4.79 Å². The van der Waals surface area contributed by atoms with Gasteiger partial charge in [0.15, 0.2) is 0 Å². The Bertz CT molecular complexity index is 537. The molecular formula is C16H17NO2. The molecular weight excluding hydrogens is 238 g/mol. The third-order valence-corrected chi connectivity index (χ3v) is 2.99. The molecule has 0 radical (unpaired) electrons. The van der Waals surface area contributed by atoms with E-state index in [4.69, 9.17) is 5.11 Å². The molecule has 3 heteroatoms. The average molecular weight is 255 g/mol. The Labute approximate surface area is 112 Å². The molecule has 0 bridgehead atoms. The first-order chi connectivity index (χ1) is 9.27. The van der Waals surface area contributed by atoms with Gasteiger partial charge in [0.2, 0.25) is 0 Å². The van der Waals surface area contributed by atoms with Gasteiger partial charge in [-0.15, -0.1) is 0 Å². The van der Waals surface area contributed by atoms with Crippen molar-refractivity contribution in [1.29, 1.82) is 0 Å². The molecule has 0 aromatic heterocycles. The molecule has 0 aliphatic carbocycles. The second kappa shape index (κ2) is 6.71. The van der Waals surface area contributed by atoms with E-state index in [0.717, 1.165) is 25.1 Å². The molecule has 2 N–H and O–H groups in total. The van der Waals surface area contributed by atoms with Gasteiger partial charge in [-0.05, 0) is 30.2 Å². The number of rotatable bonds is 6. The summed E-state index contributed by atoms with van der Waals surface area (Å²) in [7, 11) is 0. The van der Waals surface area contributed by atoms with Crippen molar-refractivity contribution in [2.45, 2.75) is 13.0 Å². The maximum atomic E-state index is 11.1. The van der Waals surface area contributed by atoms with Crippen molar-refractivity contribution in [2.75, 3.05) is 6.54 Å². The quantitative estimate of drug-likeness (QED) is 0.780. The number of aromatic carboxylic acids is 1. The van der Waals surface area contributed by atoms with Crippen LogP contribution in [0.5, 0.6) is 0 Å². The molecule has 0 unspecified atom stereocenters. The summed E-state index contributed by atoms with van der Waals surface area (Å²) >= 11 is 0. The lowest BCUT2D eigenvalue weighted by Gasteiger charge is -2.07. The van der Waals surface area contributed by atoms with Crippen LogP contribution < -0.4 is 5.32 Å². The van der Waals surface area contributed by atoms with Crippen molar-refractivity contribution in [3.05, 3.63) is 71.3 Å². The van der Waals surface area contributed by atoms with Gasteiger partial charge in [-0.3, -0.25) is 0 Å². The van der Waals surface area contributed by atoms with Crippen molar-refractivity contribution < 1.29 is 9.90 Å². The van der Waals surface area contributed by atoms with Crippen LogP contribution in [0.4, 0.5) is 0 Å². The minimum atomic E-state index is -0.862. The highest BCUT2D eigenvalue weighted by Crippen LogP contribution is 2.09. The molecule has 0 saturated carbocycles. The van der Waals surface area contributed by atoms with Gasteiger partial charge >= 0.3 is 5.97 Å². The summed E-state index contributed by atoms with van der Waals surface area (Å²) in [6, 6.07) is 17.3. The van der Waals surface area contributed by atoms with Crippen LogP contribution in [-0.4, -0.2) is 17.6 Å². The van der Waals surface area contributed by atoms with Crippen LogP contribution in [-0.2, 0) is 13.0 Å². The lowest BCUT2D eigenvalue weighted by molar-refractivity contribution is 0.0695. The molecule has 0 aliphatic rings. The average Bonchev–Trinajstić information content (AvgIpc) is 2.45. The molecule has 0 amide bonds. The van der Waals surface area contributed by atoms with Crippen LogP contribution in [0.25, 0.3) is 0 Å². The van der Waals surface area contributed by atoms with Crippen LogP contribution in [0.15, 0.2) is 54.6 Å². The van der Waals surface area contributed by atoms with Crippen molar-refractivity contribution >= 4 is 5.97 Å². The zero-order chi connectivity index (χ0) is 13.5. The maximum Gasteiger partial charge on any atom is 0.335 e. The van der Waals surface area contributed by atoms with Gasteiger partial charge in [0, 0.05) is 6.54 Å². The highest BCUT2D eigenvalue weighted by atomic mass is 16.4. The van der Waals surface area contributed by atoms with E-state index in [1.807, 2.05) is 30.3 Å². The van der Waals surface area contributed by atoms with Gasteiger partial charge in [-0.2, -0.15) is 0 Å². The monoisotopic (exact) mass is 255 g/mol. The Morgan fingerprint density at radius 1 is 1.00 bits per heavy atom. The molecule has 0 saturated heterocycles. The summed E-state index contributed by atoms with van der Waals surface area (Å²) in [4.78, 5) is 11.1. The number of hydrogen-bond donors (Lipinski definition) is 2. The van der Waals surface area contributed by atoms with E-state index in [1.165, 1.54) is 5.56 Å². The molecule has 0 atom stereocenters. The summed E-state index contributed by atoms with van der Waals surface area (Å²) < 4.78 is 0. The Morgan fingerprint density at radius 2 is 1.68 bits per heavy atom. The molecule has 0 spiro atoms. The molecule has 19 heavy (non-hydrogen) atoms. The van der Waals surface area contributed by atoms with Crippen LogP contribution in [0.3, 0.4) is 0 Å². The van der Waals surface area contributed by atoms with E-state index in [1.54, 1.807) is 12.1 Å². The fourth-order valence-corrected chi connectivity index (χ4v) is 2.00. The number of hydrogen-bond acceptors (Lipinski definition) is 2. The first kappa shape index (κ1) is 13.3. The van der Waals surface area contributed by atoms with Gasteiger partial charge in [-0.1, -0.05) is 48.5 Å². The van der Waals surface area contributed by atoms with Crippen molar-refractivity contribution in [1.82, 2.24) is 5.32 Å². The van der Waals surface area contributed by atoms with Gasteiger partial charge < -0.3 is 10.4 Å². The second-order valence-electron chi connectivity index (χ2n) is 4.37. The van der Waals surface area contributed by atoms with E-state index in [-0.39, 0.29) is 0 Å². The number of carbonyl (C=O) groups is 1. The topological polar surface area (TPSA) is 49.3 Å². The molecule has 0 aliphatic heterocycles. The van der Waals surface area contributed by atoms with Gasteiger partial charge in [0.05, 0.1) is 5.56 Å². The third kappa shape index (κ3) is 3.93. The molecule has 98 valence electrons. The van der Waals surface area contributed by atoms with Crippen LogP contribution in [0.2, 0.25) is 0 Å². The second-order valence-corrected chi connectivity index (χ2v) is 4.37. The summed E-state index contributed by atoms with van der Waals surface area (Å²) in [6.07, 6.45) is 0.718. The molecule has 0 heterocycles. The molecule has 2 rings (SSSR count). The van der Waals surface area contributed by atoms with E-state index in [0.29, 0.717) is 5.56 Å². The first-order valence-electron chi connectivity index (χ1n) is 6.33. The Balaban J connectivity index is 1.85. The number of nitrogens with one attached hydrogen (secondary N) is 1. The van der Waals surface area contributed by atoms with Crippen LogP contribution >= 0.6 is 0 Å². The number of benzene rings is 2. The molecule has 0 fully saturated rings. The van der Waals surface area contributed by atoms with Crippen molar-refractivity contribution in [3.8, 4) is 0 Å². The van der Waals surface area contributed by atoms with Crippen LogP contribution in [0.1, 0.15) is 21.5 Å². The minimum Gasteiger partial charge on any atom is -0.478 e. The maximum absolute atomic E-state index is 11.1. The highest BCUT2D eigenvalue weighted by molar-refractivity contribution is 5.89. The highest BCUT2D eigenvalue weighted by Gasteiger charge is 2.07. The largest absolute Gasteiger partial charge is 0.478 e. The predicted octanol–water partition coefficient (Wildman–Crippen LogP) is 2.72. The van der Waals surface area contributed by atoms with Gasteiger partial charge in [0.1, 0.15) is 0 Å². The fourth-order valence-electron chi connectivity index (χ4n) is 2.00. The summed E-state index contributed by atoms with van der Waals surface area (Å²) in [6.45, 7) is 1.56. The number of carboxylic acids is 1. The van der Waals surface area contributed by atoms with Crippen LogP contribution in [0, 0.1) is 0 Å². The standard InChI is InChI=1S/C16H17NO2/c18-16(19)15-9-5-4-8-14(15)10-11-17-12-13-6-2-1-3-7-13/h1-9,17H,10-12H2,(H,18,19). The summed E-state index contributed by atoms with van der Waals surface area (Å²) in [5, 5.41) is 12.4. The number of carboxylic acid groups (broad SMARTS) is 1. The summed E-state index contributed by atoms with van der Waals surface area (Å²) in [5.74, 6) is -0.862. The zero-order valence-electron chi connectivity index (χ0n) is 10.7. The lowest BCUT2D eigenvalue weighted by atomic mass is 10.0. The van der Waals surface area contributed by atoms with Gasteiger partial charge in [0.25, 0.3) is 0 Å². The van der Waals surface area contributed by atoms with E-state index < -0.39 is 5.97 Å². The minimum absolute atomic E-state index is 0.393. The van der Waals surface area contributed by atoms with E-state index in [2.05, 4.69) is 17.4 Å².